The summed E-state index contributed by atoms with van der Waals surface area (Å²) in [5.41, 5.74) is 2.93. The largest absolute Gasteiger partial charge is 0.494 e. The number of fused-ring (bicyclic) bond motifs is 1. The fraction of sp³-hybridized carbons (Fsp3) is 0.536. The number of hydrogen-bond acceptors (Lipinski definition) is 4. The number of methoxy groups -OCH3 is 1. The zero-order valence-corrected chi connectivity index (χ0v) is 21.1. The predicted molar refractivity (Wildman–Crippen MR) is 138 cm³/mol. The number of aromatic nitrogens is 1. The number of H-pyrrole nitrogens is 1. The third-order valence-corrected chi connectivity index (χ3v) is 5.62. The molecule has 1 heterocycles. The molecule has 0 unspecified atom stereocenters. The Hall–Kier alpha value is -2.69. The van der Waals surface area contributed by atoms with Crippen molar-refractivity contribution in [2.24, 2.45) is 0 Å². The van der Waals surface area contributed by atoms with Crippen molar-refractivity contribution < 1.29 is 14.2 Å². The number of pyridine rings is 1. The van der Waals surface area contributed by atoms with E-state index in [0.717, 1.165) is 30.4 Å². The fourth-order valence-corrected chi connectivity index (χ4v) is 3.68. The third kappa shape index (κ3) is 8.99. The van der Waals surface area contributed by atoms with E-state index in [1.807, 2.05) is 24.3 Å². The van der Waals surface area contributed by atoms with Gasteiger partial charge in [0.25, 0.3) is 5.56 Å². The molecule has 2 aromatic rings. The lowest BCUT2D eigenvalue weighted by atomic mass is 10.1. The van der Waals surface area contributed by atoms with Crippen molar-refractivity contribution in [3.05, 3.63) is 51.9 Å². The molecule has 0 saturated carbocycles. The van der Waals surface area contributed by atoms with Crippen LogP contribution in [-0.2, 0) is 0 Å². The Morgan fingerprint density at radius 1 is 0.970 bits per heavy atom. The van der Waals surface area contributed by atoms with E-state index >= 15 is 0 Å². The van der Waals surface area contributed by atoms with Crippen LogP contribution in [0.4, 0.5) is 0 Å². The Balaban J connectivity index is 2.02. The summed E-state index contributed by atoms with van der Waals surface area (Å²) in [6, 6.07) is 5.68. The van der Waals surface area contributed by atoms with E-state index in [2.05, 4.69) is 38.8 Å². The lowest BCUT2D eigenvalue weighted by Crippen LogP contribution is -2.13. The Morgan fingerprint density at radius 2 is 1.73 bits per heavy atom. The Bertz CT molecular complexity index is 983. The number of ether oxygens (including phenoxy) is 3. The number of nitrogens with one attached hydrogen (secondary N) is 1. The van der Waals surface area contributed by atoms with Crippen molar-refractivity contribution in [1.82, 2.24) is 4.98 Å². The molecular weight excluding hydrogens is 414 g/mol. The molecule has 0 bridgehead atoms. The van der Waals surface area contributed by atoms with Gasteiger partial charge in [-0.15, -0.1) is 0 Å². The van der Waals surface area contributed by atoms with Crippen molar-refractivity contribution in [1.29, 1.82) is 0 Å². The molecule has 5 heteroatoms. The first kappa shape index (κ1) is 26.6. The normalized spacial score (nSPS) is 11.5. The topological polar surface area (TPSA) is 60.6 Å². The highest BCUT2D eigenvalue weighted by molar-refractivity contribution is 5.88. The lowest BCUT2D eigenvalue weighted by Gasteiger charge is -2.13. The standard InChI is InChI=1S/C28H41NO4/c1-6-7-8-9-10-11-18-32-23-15-16-24-25(20-23)29-28(30)27(26(24)31-5)33-19-17-22(4)14-12-13-21(2)3/h13,15-17,20H,6-12,14,18-19H2,1-5H3,(H,29,30)/b22-17+. The number of allylic oxidation sites excluding steroid dienone is 3. The van der Waals surface area contributed by atoms with E-state index in [1.165, 1.54) is 43.3 Å². The van der Waals surface area contributed by atoms with E-state index in [1.54, 1.807) is 7.11 Å². The van der Waals surface area contributed by atoms with Crippen molar-refractivity contribution in [3.8, 4) is 17.2 Å². The highest BCUT2D eigenvalue weighted by Crippen LogP contribution is 2.33. The zero-order valence-electron chi connectivity index (χ0n) is 21.1. The van der Waals surface area contributed by atoms with Gasteiger partial charge in [-0.25, -0.2) is 0 Å². The van der Waals surface area contributed by atoms with Gasteiger partial charge in [0.1, 0.15) is 12.4 Å². The van der Waals surface area contributed by atoms with Crippen LogP contribution in [0.3, 0.4) is 0 Å². The van der Waals surface area contributed by atoms with Crippen LogP contribution in [0.2, 0.25) is 0 Å². The van der Waals surface area contributed by atoms with Gasteiger partial charge in [-0.1, -0.05) is 56.3 Å². The summed E-state index contributed by atoms with van der Waals surface area (Å²) in [7, 11) is 1.56. The minimum atomic E-state index is -0.303. The molecule has 1 aromatic heterocycles. The van der Waals surface area contributed by atoms with Crippen LogP contribution in [0.1, 0.15) is 79.1 Å². The van der Waals surface area contributed by atoms with Crippen molar-refractivity contribution in [2.75, 3.05) is 20.3 Å². The second-order valence-electron chi connectivity index (χ2n) is 8.82. The molecule has 0 aliphatic rings. The Morgan fingerprint density at radius 3 is 2.45 bits per heavy atom. The quantitative estimate of drug-likeness (QED) is 0.225. The maximum absolute atomic E-state index is 12.7. The van der Waals surface area contributed by atoms with Gasteiger partial charge in [-0.05, 0) is 58.2 Å². The number of rotatable bonds is 15. The predicted octanol–water partition coefficient (Wildman–Crippen LogP) is 7.35. The molecule has 2 rings (SSSR count). The minimum absolute atomic E-state index is 0.207. The molecule has 33 heavy (non-hydrogen) atoms. The second-order valence-corrected chi connectivity index (χ2v) is 8.82. The molecule has 0 aliphatic heterocycles. The number of aromatic amines is 1. The van der Waals surface area contributed by atoms with Gasteiger partial charge in [-0.2, -0.15) is 0 Å². The third-order valence-electron chi connectivity index (χ3n) is 5.62. The molecule has 1 N–H and O–H groups in total. The van der Waals surface area contributed by atoms with Crippen LogP contribution >= 0.6 is 0 Å². The van der Waals surface area contributed by atoms with Crippen LogP contribution in [0.5, 0.6) is 17.2 Å². The summed E-state index contributed by atoms with van der Waals surface area (Å²) in [5, 5.41) is 0.795. The summed E-state index contributed by atoms with van der Waals surface area (Å²) in [5.74, 6) is 1.41. The molecule has 0 atom stereocenters. The molecular formula is C28H41NO4. The molecule has 0 spiro atoms. The number of benzene rings is 1. The van der Waals surface area contributed by atoms with Crippen molar-refractivity contribution in [3.63, 3.8) is 0 Å². The van der Waals surface area contributed by atoms with Crippen LogP contribution in [0.15, 0.2) is 46.3 Å². The summed E-state index contributed by atoms with van der Waals surface area (Å²) < 4.78 is 17.3. The van der Waals surface area contributed by atoms with Crippen LogP contribution < -0.4 is 19.8 Å². The second kappa shape index (κ2) is 14.5. The molecule has 0 aliphatic carbocycles. The van der Waals surface area contributed by atoms with Gasteiger partial charge in [0, 0.05) is 11.5 Å². The monoisotopic (exact) mass is 455 g/mol. The molecule has 1 aromatic carbocycles. The SMILES string of the molecule is CCCCCCCCOc1ccc2c(OC)c(OC/C=C(\C)CCC=C(C)C)c(=O)[nH]c2c1. The van der Waals surface area contributed by atoms with E-state index in [-0.39, 0.29) is 11.3 Å². The molecule has 0 saturated heterocycles. The van der Waals surface area contributed by atoms with Gasteiger partial charge < -0.3 is 19.2 Å². The molecule has 0 amide bonds. The van der Waals surface area contributed by atoms with Gasteiger partial charge in [0.15, 0.2) is 5.75 Å². The molecule has 0 fully saturated rings. The molecule has 182 valence electrons. The minimum Gasteiger partial charge on any atom is -0.494 e. The van der Waals surface area contributed by atoms with E-state index in [0.29, 0.717) is 24.5 Å². The molecule has 0 radical (unpaired) electrons. The summed E-state index contributed by atoms with van der Waals surface area (Å²) >= 11 is 0. The average Bonchev–Trinajstić information content (AvgIpc) is 2.78. The zero-order chi connectivity index (χ0) is 24.1. The van der Waals surface area contributed by atoms with Crippen molar-refractivity contribution >= 4 is 10.9 Å². The van der Waals surface area contributed by atoms with Crippen molar-refractivity contribution in [2.45, 2.75) is 79.1 Å². The van der Waals surface area contributed by atoms with Gasteiger partial charge in [0.05, 0.1) is 19.2 Å². The Labute approximate surface area is 198 Å². The smallest absolute Gasteiger partial charge is 0.294 e. The first-order valence-corrected chi connectivity index (χ1v) is 12.2. The highest BCUT2D eigenvalue weighted by Gasteiger charge is 2.15. The number of hydrogen-bond donors (Lipinski definition) is 1. The first-order valence-electron chi connectivity index (χ1n) is 12.2. The van der Waals surface area contributed by atoms with E-state index in [9.17, 15) is 4.79 Å². The maximum Gasteiger partial charge on any atom is 0.294 e. The van der Waals surface area contributed by atoms with Gasteiger partial charge >= 0.3 is 0 Å². The number of unbranched alkanes of at least 4 members (excludes halogenated alkanes) is 5. The maximum atomic E-state index is 12.7. The fourth-order valence-electron chi connectivity index (χ4n) is 3.68. The van der Waals surface area contributed by atoms with Crippen LogP contribution in [-0.4, -0.2) is 25.3 Å². The van der Waals surface area contributed by atoms with E-state index < -0.39 is 0 Å². The summed E-state index contributed by atoms with van der Waals surface area (Å²) in [4.78, 5) is 15.6. The Kier molecular flexibility index (Phi) is 11.6. The van der Waals surface area contributed by atoms with E-state index in [4.69, 9.17) is 14.2 Å². The van der Waals surface area contributed by atoms with Crippen LogP contribution in [0, 0.1) is 0 Å². The average molecular weight is 456 g/mol. The molecule has 5 nitrogen and oxygen atoms in total. The highest BCUT2D eigenvalue weighted by atomic mass is 16.5. The van der Waals surface area contributed by atoms with Crippen LogP contribution in [0.25, 0.3) is 10.9 Å². The summed E-state index contributed by atoms with van der Waals surface area (Å²) in [6.45, 7) is 9.51. The first-order chi connectivity index (χ1) is 16.0. The van der Waals surface area contributed by atoms with Gasteiger partial charge in [0.2, 0.25) is 5.75 Å². The summed E-state index contributed by atoms with van der Waals surface area (Å²) in [6.07, 6.45) is 13.6. The lowest BCUT2D eigenvalue weighted by molar-refractivity contribution is 0.304. The van der Waals surface area contributed by atoms with Gasteiger partial charge in [-0.3, -0.25) is 4.79 Å².